The molecular weight excluding hydrogens is 428 g/mol. The van der Waals surface area contributed by atoms with E-state index >= 15 is 0 Å². The number of methoxy groups -OCH3 is 1. The quantitative estimate of drug-likeness (QED) is 0.391. The number of carbonyl (C=O) groups excluding carboxylic acids is 1. The van der Waals surface area contributed by atoms with E-state index in [9.17, 15) is 4.79 Å². The maximum absolute atomic E-state index is 12.7. The summed E-state index contributed by atoms with van der Waals surface area (Å²) in [4.78, 5) is 12.7. The number of nitriles is 1. The number of anilines is 1. The normalized spacial score (nSPS) is 10.2. The van der Waals surface area contributed by atoms with Crippen molar-refractivity contribution in [2.24, 2.45) is 0 Å². The van der Waals surface area contributed by atoms with Gasteiger partial charge in [0.2, 0.25) is 0 Å². The zero-order valence-electron chi connectivity index (χ0n) is 17.6. The van der Waals surface area contributed by atoms with E-state index in [4.69, 9.17) is 31.1 Å². The fraction of sp³-hybridized carbons (Fsp3) is 0.200. The van der Waals surface area contributed by atoms with Gasteiger partial charge in [-0.1, -0.05) is 29.8 Å². The molecule has 6 nitrogen and oxygen atoms in total. The number of hydrogen-bond acceptors (Lipinski definition) is 5. The molecule has 3 aromatic rings. The lowest BCUT2D eigenvalue weighted by Crippen LogP contribution is -2.12. The number of carbonyl (C=O) groups is 1. The summed E-state index contributed by atoms with van der Waals surface area (Å²) in [5, 5.41) is 12.1. The van der Waals surface area contributed by atoms with Gasteiger partial charge in [-0.05, 0) is 54.4 Å². The SMILES string of the molecule is COc1cc(C(=O)Nc2cccc(OCCCC#N)c2)ccc1OCc1ccc(Cl)cc1. The first-order chi connectivity index (χ1) is 15.6. The standard InChI is InChI=1S/C25H23ClN2O4/c1-30-24-15-19(9-12-23(24)32-17-18-7-10-20(26)11-8-18)25(29)28-21-5-4-6-22(16-21)31-14-3-2-13-27/h4-12,15-16H,2-3,14,17H2,1H3,(H,28,29). The van der Waals surface area contributed by atoms with E-state index in [1.807, 2.05) is 12.1 Å². The van der Waals surface area contributed by atoms with Crippen LogP contribution in [0.25, 0.3) is 0 Å². The number of rotatable bonds is 10. The van der Waals surface area contributed by atoms with Gasteiger partial charge >= 0.3 is 0 Å². The van der Waals surface area contributed by atoms with Gasteiger partial charge in [-0.3, -0.25) is 4.79 Å². The van der Waals surface area contributed by atoms with Gasteiger partial charge in [-0.2, -0.15) is 5.26 Å². The third kappa shape index (κ3) is 6.66. The van der Waals surface area contributed by atoms with Crippen molar-refractivity contribution < 1.29 is 19.0 Å². The molecule has 1 N–H and O–H groups in total. The molecule has 0 atom stereocenters. The van der Waals surface area contributed by atoms with E-state index in [1.165, 1.54) is 7.11 Å². The average Bonchev–Trinajstić information content (AvgIpc) is 2.81. The lowest BCUT2D eigenvalue weighted by molar-refractivity contribution is 0.102. The summed E-state index contributed by atoms with van der Waals surface area (Å²) in [5.41, 5.74) is 2.00. The van der Waals surface area contributed by atoms with E-state index < -0.39 is 0 Å². The van der Waals surface area contributed by atoms with Crippen LogP contribution in [0.3, 0.4) is 0 Å². The third-order valence-electron chi connectivity index (χ3n) is 4.53. The predicted octanol–water partition coefficient (Wildman–Crippen LogP) is 5.86. The molecule has 0 saturated heterocycles. The first-order valence-corrected chi connectivity index (χ1v) is 10.4. The first kappa shape index (κ1) is 23.0. The topological polar surface area (TPSA) is 80.6 Å². The molecule has 0 unspecified atom stereocenters. The Morgan fingerprint density at radius 3 is 2.59 bits per heavy atom. The van der Waals surface area contributed by atoms with Crippen molar-refractivity contribution in [3.63, 3.8) is 0 Å². The third-order valence-corrected chi connectivity index (χ3v) is 4.78. The smallest absolute Gasteiger partial charge is 0.255 e. The fourth-order valence-electron chi connectivity index (χ4n) is 2.88. The van der Waals surface area contributed by atoms with Gasteiger partial charge in [-0.15, -0.1) is 0 Å². The van der Waals surface area contributed by atoms with E-state index in [2.05, 4.69) is 11.4 Å². The summed E-state index contributed by atoms with van der Waals surface area (Å²) in [7, 11) is 1.53. The van der Waals surface area contributed by atoms with Crippen LogP contribution in [0, 0.1) is 11.3 Å². The summed E-state index contributed by atoms with van der Waals surface area (Å²) in [6.45, 7) is 0.792. The van der Waals surface area contributed by atoms with E-state index in [0.717, 1.165) is 5.56 Å². The molecule has 0 fully saturated rings. The van der Waals surface area contributed by atoms with Crippen LogP contribution >= 0.6 is 11.6 Å². The summed E-state index contributed by atoms with van der Waals surface area (Å²) >= 11 is 5.91. The Labute approximate surface area is 192 Å². The Morgan fingerprint density at radius 2 is 1.84 bits per heavy atom. The highest BCUT2D eigenvalue weighted by molar-refractivity contribution is 6.30. The number of nitrogens with one attached hydrogen (secondary N) is 1. The van der Waals surface area contributed by atoms with Gasteiger partial charge in [0.05, 0.1) is 19.8 Å². The van der Waals surface area contributed by atoms with Crippen LogP contribution in [-0.2, 0) is 6.61 Å². The predicted molar refractivity (Wildman–Crippen MR) is 124 cm³/mol. The minimum Gasteiger partial charge on any atom is -0.493 e. The van der Waals surface area contributed by atoms with Crippen molar-refractivity contribution in [2.45, 2.75) is 19.4 Å². The monoisotopic (exact) mass is 450 g/mol. The fourth-order valence-corrected chi connectivity index (χ4v) is 3.00. The zero-order chi connectivity index (χ0) is 22.8. The van der Waals surface area contributed by atoms with Crippen LogP contribution in [0.15, 0.2) is 66.7 Å². The van der Waals surface area contributed by atoms with Crippen molar-refractivity contribution in [1.82, 2.24) is 0 Å². The number of amides is 1. The Bertz CT molecular complexity index is 1090. The van der Waals surface area contributed by atoms with Gasteiger partial charge in [0.15, 0.2) is 11.5 Å². The molecule has 0 spiro atoms. The molecule has 7 heteroatoms. The maximum atomic E-state index is 12.7. The molecular formula is C25H23ClN2O4. The Kier molecular flexibility index (Phi) is 8.36. The Hall–Kier alpha value is -3.69. The minimum absolute atomic E-state index is 0.283. The molecule has 164 valence electrons. The molecule has 32 heavy (non-hydrogen) atoms. The summed E-state index contributed by atoms with van der Waals surface area (Å²) in [6, 6.07) is 21.6. The molecule has 0 saturated carbocycles. The molecule has 3 aromatic carbocycles. The van der Waals surface area contributed by atoms with Crippen LogP contribution in [0.4, 0.5) is 5.69 Å². The lowest BCUT2D eigenvalue weighted by atomic mass is 10.1. The van der Waals surface area contributed by atoms with Crippen LogP contribution in [-0.4, -0.2) is 19.6 Å². The molecule has 0 aliphatic heterocycles. The van der Waals surface area contributed by atoms with Crippen molar-refractivity contribution >= 4 is 23.2 Å². The second kappa shape index (κ2) is 11.6. The number of benzene rings is 3. The van der Waals surface area contributed by atoms with Gasteiger partial charge in [-0.25, -0.2) is 0 Å². The van der Waals surface area contributed by atoms with E-state index in [1.54, 1.807) is 54.6 Å². The summed E-state index contributed by atoms with van der Waals surface area (Å²) in [6.07, 6.45) is 1.09. The summed E-state index contributed by atoms with van der Waals surface area (Å²) < 4.78 is 16.9. The van der Waals surface area contributed by atoms with Crippen molar-refractivity contribution in [1.29, 1.82) is 5.26 Å². The minimum atomic E-state index is -0.283. The van der Waals surface area contributed by atoms with Crippen LogP contribution in [0.5, 0.6) is 17.2 Å². The van der Waals surface area contributed by atoms with Crippen molar-refractivity contribution in [3.8, 4) is 23.3 Å². The number of unbranched alkanes of at least 4 members (excludes halogenated alkanes) is 1. The van der Waals surface area contributed by atoms with Crippen molar-refractivity contribution in [2.75, 3.05) is 19.0 Å². The molecule has 0 heterocycles. The number of ether oxygens (including phenoxy) is 3. The maximum Gasteiger partial charge on any atom is 0.255 e. The molecule has 0 radical (unpaired) electrons. The first-order valence-electron chi connectivity index (χ1n) is 10.1. The molecule has 0 aromatic heterocycles. The number of nitrogens with zero attached hydrogens (tertiary/aromatic N) is 1. The zero-order valence-corrected chi connectivity index (χ0v) is 18.4. The lowest BCUT2D eigenvalue weighted by Gasteiger charge is -2.13. The van der Waals surface area contributed by atoms with Crippen LogP contribution < -0.4 is 19.5 Å². The highest BCUT2D eigenvalue weighted by Gasteiger charge is 2.12. The molecule has 0 aliphatic carbocycles. The highest BCUT2D eigenvalue weighted by atomic mass is 35.5. The molecule has 0 aliphatic rings. The average molecular weight is 451 g/mol. The summed E-state index contributed by atoms with van der Waals surface area (Å²) in [5.74, 6) is 1.34. The number of hydrogen-bond donors (Lipinski definition) is 1. The highest BCUT2D eigenvalue weighted by Crippen LogP contribution is 2.29. The van der Waals surface area contributed by atoms with Gasteiger partial charge in [0, 0.05) is 28.8 Å². The van der Waals surface area contributed by atoms with Gasteiger partial charge < -0.3 is 19.5 Å². The largest absolute Gasteiger partial charge is 0.493 e. The van der Waals surface area contributed by atoms with Crippen LogP contribution in [0.2, 0.25) is 5.02 Å². The number of halogens is 1. The second-order valence-corrected chi connectivity index (χ2v) is 7.31. The van der Waals surface area contributed by atoms with Gasteiger partial charge in [0.25, 0.3) is 5.91 Å². The van der Waals surface area contributed by atoms with Crippen molar-refractivity contribution in [3.05, 3.63) is 82.9 Å². The van der Waals surface area contributed by atoms with E-state index in [0.29, 0.717) is 59.6 Å². The molecule has 3 rings (SSSR count). The molecule has 0 bridgehead atoms. The van der Waals surface area contributed by atoms with Gasteiger partial charge in [0.1, 0.15) is 12.4 Å². The van der Waals surface area contributed by atoms with Crippen LogP contribution in [0.1, 0.15) is 28.8 Å². The second-order valence-electron chi connectivity index (χ2n) is 6.87. The molecule has 1 amide bonds. The Morgan fingerprint density at radius 1 is 1.03 bits per heavy atom. The van der Waals surface area contributed by atoms with E-state index in [-0.39, 0.29) is 5.91 Å². The Balaban J connectivity index is 1.63.